The van der Waals surface area contributed by atoms with Gasteiger partial charge in [-0.25, -0.2) is 4.39 Å². The summed E-state index contributed by atoms with van der Waals surface area (Å²) in [7, 11) is 1.84. The van der Waals surface area contributed by atoms with Crippen LogP contribution in [-0.2, 0) is 0 Å². The fraction of sp³-hybridized carbons (Fsp3) is 0.273. The first kappa shape index (κ1) is 12.4. The third kappa shape index (κ3) is 2.62. The molecule has 2 rings (SSSR count). The number of halogens is 2. The van der Waals surface area contributed by atoms with Crippen LogP contribution in [0.3, 0.4) is 0 Å². The molecule has 0 saturated carbocycles. The molecular weight excluding hydrogens is 261 g/mol. The smallest absolute Gasteiger partial charge is 0.150 e. The van der Waals surface area contributed by atoms with Crippen LogP contribution < -0.4 is 5.32 Å². The molecule has 0 aliphatic heterocycles. The van der Waals surface area contributed by atoms with Crippen molar-refractivity contribution in [2.45, 2.75) is 13.0 Å². The van der Waals surface area contributed by atoms with Gasteiger partial charge in [0.2, 0.25) is 0 Å². The van der Waals surface area contributed by atoms with Crippen LogP contribution in [0.1, 0.15) is 18.0 Å². The van der Waals surface area contributed by atoms with Crippen molar-refractivity contribution < 1.29 is 4.39 Å². The van der Waals surface area contributed by atoms with Gasteiger partial charge in [-0.1, -0.05) is 22.9 Å². The second kappa shape index (κ2) is 5.08. The summed E-state index contributed by atoms with van der Waals surface area (Å²) >= 11 is 7.07. The topological polar surface area (TPSA) is 37.8 Å². The standard InChI is InChI=1S/C11H11ClFN3S/c1-6(14-2)10-15-16-11(17-10)8-4-3-7(12)5-9(8)13/h3-6,14H,1-2H3. The zero-order chi connectivity index (χ0) is 12.4. The molecule has 0 aliphatic carbocycles. The average Bonchev–Trinajstić information content (AvgIpc) is 2.77. The van der Waals surface area contributed by atoms with Crippen LogP contribution in [0.4, 0.5) is 4.39 Å². The Hall–Kier alpha value is -1.04. The Labute approximate surface area is 108 Å². The first-order valence-electron chi connectivity index (χ1n) is 5.08. The van der Waals surface area contributed by atoms with Crippen LogP contribution >= 0.6 is 22.9 Å². The highest BCUT2D eigenvalue weighted by molar-refractivity contribution is 7.14. The molecule has 1 aromatic heterocycles. The van der Waals surface area contributed by atoms with E-state index in [9.17, 15) is 4.39 Å². The highest BCUT2D eigenvalue weighted by atomic mass is 35.5. The van der Waals surface area contributed by atoms with Crippen LogP contribution in [0.5, 0.6) is 0 Å². The summed E-state index contributed by atoms with van der Waals surface area (Å²) in [4.78, 5) is 0. The third-order valence-electron chi connectivity index (χ3n) is 2.41. The maximum atomic E-state index is 13.7. The third-order valence-corrected chi connectivity index (χ3v) is 3.78. The first-order valence-corrected chi connectivity index (χ1v) is 6.27. The van der Waals surface area contributed by atoms with E-state index in [0.717, 1.165) is 5.01 Å². The molecule has 3 nitrogen and oxygen atoms in total. The molecule has 0 saturated heterocycles. The molecule has 0 amide bonds. The van der Waals surface area contributed by atoms with Crippen molar-refractivity contribution in [3.63, 3.8) is 0 Å². The van der Waals surface area contributed by atoms with Gasteiger partial charge < -0.3 is 5.32 Å². The van der Waals surface area contributed by atoms with E-state index in [0.29, 0.717) is 15.6 Å². The maximum Gasteiger partial charge on any atom is 0.150 e. The minimum Gasteiger partial charge on any atom is -0.311 e. The summed E-state index contributed by atoms with van der Waals surface area (Å²) in [5, 5.41) is 12.9. The highest BCUT2D eigenvalue weighted by Gasteiger charge is 2.14. The van der Waals surface area contributed by atoms with E-state index in [1.807, 2.05) is 14.0 Å². The number of aromatic nitrogens is 2. The van der Waals surface area contributed by atoms with Gasteiger partial charge in [-0.2, -0.15) is 0 Å². The van der Waals surface area contributed by atoms with Crippen molar-refractivity contribution >= 4 is 22.9 Å². The molecule has 1 N–H and O–H groups in total. The van der Waals surface area contributed by atoms with Gasteiger partial charge in [-0.05, 0) is 32.2 Å². The lowest BCUT2D eigenvalue weighted by molar-refractivity contribution is 0.630. The highest BCUT2D eigenvalue weighted by Crippen LogP contribution is 2.29. The molecule has 0 aliphatic rings. The minimum atomic E-state index is -0.377. The largest absolute Gasteiger partial charge is 0.311 e. The van der Waals surface area contributed by atoms with Crippen LogP contribution in [0.25, 0.3) is 10.6 Å². The molecule has 1 unspecified atom stereocenters. The summed E-state index contributed by atoms with van der Waals surface area (Å²) in [6.07, 6.45) is 0. The van der Waals surface area contributed by atoms with Crippen molar-refractivity contribution in [3.8, 4) is 10.6 Å². The van der Waals surface area contributed by atoms with E-state index in [-0.39, 0.29) is 11.9 Å². The molecule has 1 heterocycles. The number of rotatable bonds is 3. The Morgan fingerprint density at radius 2 is 2.18 bits per heavy atom. The van der Waals surface area contributed by atoms with Crippen molar-refractivity contribution in [3.05, 3.63) is 34.0 Å². The Morgan fingerprint density at radius 1 is 1.41 bits per heavy atom. The normalized spacial score (nSPS) is 12.7. The number of nitrogens with one attached hydrogen (secondary N) is 1. The maximum absolute atomic E-state index is 13.7. The molecule has 1 aromatic carbocycles. The van der Waals surface area contributed by atoms with E-state index in [2.05, 4.69) is 15.5 Å². The van der Waals surface area contributed by atoms with Crippen LogP contribution in [0.2, 0.25) is 5.02 Å². The molecule has 6 heteroatoms. The summed E-state index contributed by atoms with van der Waals surface area (Å²) in [6, 6.07) is 4.64. The molecule has 0 radical (unpaired) electrons. The lowest BCUT2D eigenvalue weighted by Crippen LogP contribution is -2.11. The molecule has 90 valence electrons. The first-order chi connectivity index (χ1) is 8.11. The summed E-state index contributed by atoms with van der Waals surface area (Å²) in [5.41, 5.74) is 0.432. The Bertz CT molecular complexity index is 529. The average molecular weight is 272 g/mol. The molecule has 0 bridgehead atoms. The predicted octanol–water partition coefficient (Wildman–Crippen LogP) is 3.28. The second-order valence-corrected chi connectivity index (χ2v) is 5.03. The minimum absolute atomic E-state index is 0.108. The molecule has 0 spiro atoms. The van der Waals surface area contributed by atoms with Gasteiger partial charge in [0.15, 0.2) is 5.01 Å². The zero-order valence-electron chi connectivity index (χ0n) is 9.37. The molecule has 17 heavy (non-hydrogen) atoms. The van der Waals surface area contributed by atoms with Gasteiger partial charge in [0.1, 0.15) is 10.8 Å². The van der Waals surface area contributed by atoms with Crippen molar-refractivity contribution in [2.24, 2.45) is 0 Å². The van der Waals surface area contributed by atoms with Gasteiger partial charge in [-0.15, -0.1) is 10.2 Å². The monoisotopic (exact) mass is 271 g/mol. The SMILES string of the molecule is CNC(C)c1nnc(-c2ccc(Cl)cc2F)s1. The van der Waals surface area contributed by atoms with Gasteiger partial charge in [0.05, 0.1) is 6.04 Å². The van der Waals surface area contributed by atoms with E-state index in [1.165, 1.54) is 17.4 Å². The van der Waals surface area contributed by atoms with E-state index >= 15 is 0 Å². The van der Waals surface area contributed by atoms with Crippen LogP contribution in [0, 0.1) is 5.82 Å². The van der Waals surface area contributed by atoms with E-state index < -0.39 is 0 Å². The lowest BCUT2D eigenvalue weighted by Gasteiger charge is -2.03. The van der Waals surface area contributed by atoms with E-state index in [4.69, 9.17) is 11.6 Å². The number of hydrogen-bond acceptors (Lipinski definition) is 4. The van der Waals surface area contributed by atoms with E-state index in [1.54, 1.807) is 12.1 Å². The number of benzene rings is 1. The lowest BCUT2D eigenvalue weighted by atomic mass is 10.2. The van der Waals surface area contributed by atoms with Crippen molar-refractivity contribution in [1.82, 2.24) is 15.5 Å². The number of nitrogens with zero attached hydrogens (tertiary/aromatic N) is 2. The van der Waals surface area contributed by atoms with Gasteiger partial charge in [0.25, 0.3) is 0 Å². The fourth-order valence-corrected chi connectivity index (χ4v) is 2.40. The fourth-order valence-electron chi connectivity index (χ4n) is 1.30. The Morgan fingerprint density at radius 3 is 2.82 bits per heavy atom. The molecule has 1 atom stereocenters. The summed E-state index contributed by atoms with van der Waals surface area (Å²) in [6.45, 7) is 1.97. The van der Waals surface area contributed by atoms with Crippen molar-refractivity contribution in [1.29, 1.82) is 0 Å². The molecular formula is C11H11ClFN3S. The van der Waals surface area contributed by atoms with Crippen LogP contribution in [0.15, 0.2) is 18.2 Å². The molecule has 0 fully saturated rings. The van der Waals surface area contributed by atoms with Gasteiger partial charge >= 0.3 is 0 Å². The zero-order valence-corrected chi connectivity index (χ0v) is 10.9. The molecule has 2 aromatic rings. The van der Waals surface area contributed by atoms with Crippen molar-refractivity contribution in [2.75, 3.05) is 7.05 Å². The second-order valence-electron chi connectivity index (χ2n) is 3.58. The Kier molecular flexibility index (Phi) is 3.71. The van der Waals surface area contributed by atoms with Crippen LogP contribution in [-0.4, -0.2) is 17.2 Å². The Balaban J connectivity index is 2.37. The van der Waals surface area contributed by atoms with Gasteiger partial charge in [-0.3, -0.25) is 0 Å². The summed E-state index contributed by atoms with van der Waals surface area (Å²) < 4.78 is 13.7. The number of hydrogen-bond donors (Lipinski definition) is 1. The van der Waals surface area contributed by atoms with Gasteiger partial charge in [0, 0.05) is 10.6 Å². The summed E-state index contributed by atoms with van der Waals surface area (Å²) in [5.74, 6) is -0.377. The predicted molar refractivity (Wildman–Crippen MR) is 67.8 cm³/mol. The quantitative estimate of drug-likeness (QED) is 0.931.